The Kier molecular flexibility index (Phi) is 3.07. The van der Waals surface area contributed by atoms with E-state index in [0.29, 0.717) is 29.1 Å². The summed E-state index contributed by atoms with van der Waals surface area (Å²) in [5, 5.41) is 8.95. The molecule has 2 N–H and O–H groups in total. The average Bonchev–Trinajstić information content (AvgIpc) is 2.76. The number of hydrogen-bond donors (Lipinski definition) is 1. The maximum atomic E-state index is 13.6. The summed E-state index contributed by atoms with van der Waals surface area (Å²) in [7, 11) is 0. The van der Waals surface area contributed by atoms with Crippen molar-refractivity contribution in [1.29, 1.82) is 5.26 Å². The molecule has 2 aromatic carbocycles. The highest BCUT2D eigenvalue weighted by molar-refractivity contribution is 5.79. The molecule has 0 unspecified atom stereocenters. The van der Waals surface area contributed by atoms with Crippen molar-refractivity contribution in [3.63, 3.8) is 0 Å². The minimum atomic E-state index is -0.293. The van der Waals surface area contributed by atoms with Crippen LogP contribution in [0.2, 0.25) is 0 Å². The third-order valence-electron chi connectivity index (χ3n) is 3.45. The van der Waals surface area contributed by atoms with Gasteiger partial charge in [-0.15, -0.1) is 0 Å². The molecule has 0 aliphatic heterocycles. The summed E-state index contributed by atoms with van der Waals surface area (Å²) < 4.78 is 15.4. The Morgan fingerprint density at radius 2 is 2.14 bits per heavy atom. The number of fused-ring (bicyclic) bond motifs is 1. The van der Waals surface area contributed by atoms with Crippen molar-refractivity contribution < 1.29 is 4.39 Å². The zero-order valence-corrected chi connectivity index (χ0v) is 11.5. The lowest BCUT2D eigenvalue weighted by Crippen LogP contribution is -2.04. The van der Waals surface area contributed by atoms with Crippen LogP contribution in [0.4, 0.5) is 10.3 Å². The van der Waals surface area contributed by atoms with Gasteiger partial charge in [-0.1, -0.05) is 12.1 Å². The maximum absolute atomic E-state index is 13.6. The van der Waals surface area contributed by atoms with Crippen LogP contribution in [0.15, 0.2) is 36.4 Å². The van der Waals surface area contributed by atoms with Gasteiger partial charge in [0.2, 0.25) is 5.95 Å². The third kappa shape index (κ3) is 2.32. The van der Waals surface area contributed by atoms with E-state index in [0.717, 1.165) is 11.1 Å². The SMILES string of the molecule is Cc1cc2c(cc1F)nc(N)n2Cc1cccc(C#N)c1. The fourth-order valence-electron chi connectivity index (χ4n) is 2.36. The molecule has 21 heavy (non-hydrogen) atoms. The molecule has 1 heterocycles. The van der Waals surface area contributed by atoms with Crippen LogP contribution < -0.4 is 5.73 Å². The number of nitrogens with zero attached hydrogens (tertiary/aromatic N) is 3. The molecule has 0 amide bonds. The van der Waals surface area contributed by atoms with E-state index in [1.165, 1.54) is 6.07 Å². The first-order chi connectivity index (χ1) is 10.1. The van der Waals surface area contributed by atoms with E-state index < -0.39 is 0 Å². The van der Waals surface area contributed by atoms with Crippen molar-refractivity contribution in [1.82, 2.24) is 9.55 Å². The second-order valence-electron chi connectivity index (χ2n) is 4.96. The number of benzene rings is 2. The molecule has 5 heteroatoms. The fraction of sp³-hybridized carbons (Fsp3) is 0.125. The van der Waals surface area contributed by atoms with Crippen molar-refractivity contribution in [2.45, 2.75) is 13.5 Å². The molecule has 0 saturated carbocycles. The summed E-state index contributed by atoms with van der Waals surface area (Å²) in [5.74, 6) is 0.0380. The number of imidazole rings is 1. The minimum absolute atomic E-state index is 0.293. The number of aryl methyl sites for hydroxylation is 1. The van der Waals surface area contributed by atoms with Gasteiger partial charge in [0.05, 0.1) is 29.2 Å². The zero-order valence-electron chi connectivity index (χ0n) is 11.5. The second kappa shape index (κ2) is 4.91. The molecule has 4 nitrogen and oxygen atoms in total. The van der Waals surface area contributed by atoms with Crippen molar-refractivity contribution in [2.24, 2.45) is 0 Å². The summed E-state index contributed by atoms with van der Waals surface area (Å²) in [5.41, 5.74) is 9.35. The number of anilines is 1. The first-order valence-corrected chi connectivity index (χ1v) is 6.49. The Morgan fingerprint density at radius 3 is 2.90 bits per heavy atom. The quantitative estimate of drug-likeness (QED) is 0.784. The van der Waals surface area contributed by atoms with Gasteiger partial charge in [-0.2, -0.15) is 5.26 Å². The van der Waals surface area contributed by atoms with Crippen LogP contribution in [0.5, 0.6) is 0 Å². The summed E-state index contributed by atoms with van der Waals surface area (Å²) in [4.78, 5) is 4.19. The molecule has 0 radical (unpaired) electrons. The number of rotatable bonds is 2. The van der Waals surface area contributed by atoms with Gasteiger partial charge >= 0.3 is 0 Å². The molecule has 1 aromatic heterocycles. The van der Waals surface area contributed by atoms with Gasteiger partial charge in [0, 0.05) is 6.07 Å². The molecular formula is C16H13FN4. The lowest BCUT2D eigenvalue weighted by atomic mass is 10.1. The number of nitriles is 1. The molecule has 0 atom stereocenters. The zero-order chi connectivity index (χ0) is 15.0. The topological polar surface area (TPSA) is 67.6 Å². The van der Waals surface area contributed by atoms with Gasteiger partial charge in [0.25, 0.3) is 0 Å². The first-order valence-electron chi connectivity index (χ1n) is 6.49. The van der Waals surface area contributed by atoms with Gasteiger partial charge in [-0.3, -0.25) is 0 Å². The second-order valence-corrected chi connectivity index (χ2v) is 4.96. The van der Waals surface area contributed by atoms with Crippen molar-refractivity contribution in [2.75, 3.05) is 5.73 Å². The average molecular weight is 280 g/mol. The highest BCUT2D eigenvalue weighted by atomic mass is 19.1. The number of halogens is 1. The van der Waals surface area contributed by atoms with Crippen molar-refractivity contribution in [3.05, 3.63) is 58.9 Å². The molecule has 104 valence electrons. The van der Waals surface area contributed by atoms with Crippen LogP contribution in [0, 0.1) is 24.1 Å². The van der Waals surface area contributed by atoms with Crippen molar-refractivity contribution in [3.8, 4) is 6.07 Å². The van der Waals surface area contributed by atoms with E-state index >= 15 is 0 Å². The van der Waals surface area contributed by atoms with E-state index in [1.54, 1.807) is 19.1 Å². The monoisotopic (exact) mass is 280 g/mol. The van der Waals surface area contributed by atoms with E-state index in [-0.39, 0.29) is 5.82 Å². The highest BCUT2D eigenvalue weighted by Gasteiger charge is 2.11. The Hall–Kier alpha value is -2.87. The molecule has 3 rings (SSSR count). The molecule has 0 fully saturated rings. The summed E-state index contributed by atoms with van der Waals surface area (Å²) >= 11 is 0. The summed E-state index contributed by atoms with van der Waals surface area (Å²) in [6, 6.07) is 12.5. The third-order valence-corrected chi connectivity index (χ3v) is 3.45. The number of hydrogen-bond acceptors (Lipinski definition) is 3. The highest BCUT2D eigenvalue weighted by Crippen LogP contribution is 2.22. The largest absolute Gasteiger partial charge is 0.369 e. The van der Waals surface area contributed by atoms with Gasteiger partial charge in [0.1, 0.15) is 5.82 Å². The van der Waals surface area contributed by atoms with E-state index in [9.17, 15) is 4.39 Å². The van der Waals surface area contributed by atoms with Gasteiger partial charge in [0.15, 0.2) is 0 Å². The normalized spacial score (nSPS) is 10.7. The van der Waals surface area contributed by atoms with Gasteiger partial charge in [-0.05, 0) is 36.2 Å². The lowest BCUT2D eigenvalue weighted by molar-refractivity contribution is 0.620. The van der Waals surface area contributed by atoms with E-state index in [4.69, 9.17) is 11.0 Å². The number of nitrogen functional groups attached to an aromatic ring is 1. The van der Waals surface area contributed by atoms with Crippen LogP contribution in [-0.2, 0) is 6.54 Å². The first kappa shape index (κ1) is 13.1. The Morgan fingerprint density at radius 1 is 1.33 bits per heavy atom. The fourth-order valence-corrected chi connectivity index (χ4v) is 2.36. The smallest absolute Gasteiger partial charge is 0.201 e. The molecule has 0 saturated heterocycles. The predicted molar refractivity (Wildman–Crippen MR) is 79.1 cm³/mol. The minimum Gasteiger partial charge on any atom is -0.369 e. The lowest BCUT2D eigenvalue weighted by Gasteiger charge is -2.07. The molecule has 3 aromatic rings. The van der Waals surface area contributed by atoms with Crippen molar-refractivity contribution >= 4 is 17.0 Å². The molecular weight excluding hydrogens is 267 g/mol. The van der Waals surface area contributed by atoms with Crippen LogP contribution in [0.3, 0.4) is 0 Å². The van der Waals surface area contributed by atoms with E-state index in [1.807, 2.05) is 22.8 Å². The van der Waals surface area contributed by atoms with Crippen LogP contribution in [0.1, 0.15) is 16.7 Å². The Bertz CT molecular complexity index is 874. The Labute approximate surface area is 121 Å². The number of aromatic nitrogens is 2. The molecule has 0 bridgehead atoms. The number of nitrogens with two attached hydrogens (primary N) is 1. The summed E-state index contributed by atoms with van der Waals surface area (Å²) in [6.07, 6.45) is 0. The van der Waals surface area contributed by atoms with Crippen LogP contribution >= 0.6 is 0 Å². The van der Waals surface area contributed by atoms with Crippen LogP contribution in [0.25, 0.3) is 11.0 Å². The standard InChI is InChI=1S/C16H13FN4/c1-10-5-15-14(7-13(10)17)20-16(19)21(15)9-12-4-2-3-11(6-12)8-18/h2-7H,9H2,1H3,(H2,19,20). The van der Waals surface area contributed by atoms with E-state index in [2.05, 4.69) is 11.1 Å². The van der Waals surface area contributed by atoms with Gasteiger partial charge < -0.3 is 10.3 Å². The predicted octanol–water partition coefficient (Wildman–Crippen LogP) is 2.99. The van der Waals surface area contributed by atoms with Crippen LogP contribution in [-0.4, -0.2) is 9.55 Å². The Balaban J connectivity index is 2.10. The molecule has 0 aliphatic carbocycles. The molecule has 0 aliphatic rings. The van der Waals surface area contributed by atoms with Gasteiger partial charge in [-0.25, -0.2) is 9.37 Å². The summed E-state index contributed by atoms with van der Waals surface area (Å²) in [6.45, 7) is 2.20. The molecule has 0 spiro atoms. The maximum Gasteiger partial charge on any atom is 0.201 e.